The number of carbonyl (C=O) groups is 1. The van der Waals surface area contributed by atoms with Gasteiger partial charge in [0.25, 0.3) is 0 Å². The molecule has 0 radical (unpaired) electrons. The van der Waals surface area contributed by atoms with Gasteiger partial charge in [-0.3, -0.25) is 4.79 Å². The Hall–Kier alpha value is -1.88. The molecule has 0 aliphatic carbocycles. The summed E-state index contributed by atoms with van der Waals surface area (Å²) in [5.74, 6) is 1.10. The minimum atomic E-state index is -0.123. The van der Waals surface area contributed by atoms with E-state index in [1.807, 2.05) is 36.1 Å². The Morgan fingerprint density at radius 3 is 2.52 bits per heavy atom. The van der Waals surface area contributed by atoms with Crippen molar-refractivity contribution in [1.29, 1.82) is 0 Å². The predicted molar refractivity (Wildman–Crippen MR) is 89.2 cm³/mol. The van der Waals surface area contributed by atoms with Crippen LogP contribution in [0.3, 0.4) is 0 Å². The van der Waals surface area contributed by atoms with Crippen molar-refractivity contribution in [1.82, 2.24) is 15.1 Å². The van der Waals surface area contributed by atoms with Crippen molar-refractivity contribution >= 4 is 17.5 Å². The third-order valence-corrected chi connectivity index (χ3v) is 3.92. The molecule has 2 aromatic rings. The first kappa shape index (κ1) is 17.5. The van der Waals surface area contributed by atoms with Crippen LogP contribution in [0.15, 0.2) is 28.7 Å². The van der Waals surface area contributed by atoms with Crippen LogP contribution in [0.1, 0.15) is 44.2 Å². The summed E-state index contributed by atoms with van der Waals surface area (Å²) in [6, 6.07) is 7.48. The average Bonchev–Trinajstić information content (AvgIpc) is 2.89. The largest absolute Gasteiger partial charge is 0.425 e. The van der Waals surface area contributed by atoms with Crippen LogP contribution in [-0.2, 0) is 11.2 Å². The van der Waals surface area contributed by atoms with Crippen molar-refractivity contribution in [3.63, 3.8) is 0 Å². The lowest BCUT2D eigenvalue weighted by molar-refractivity contribution is -0.133. The van der Waals surface area contributed by atoms with E-state index in [0.29, 0.717) is 29.3 Å². The molecule has 23 heavy (non-hydrogen) atoms. The third kappa shape index (κ3) is 4.55. The van der Waals surface area contributed by atoms with Crippen LogP contribution < -0.4 is 0 Å². The van der Waals surface area contributed by atoms with Gasteiger partial charge in [-0.25, -0.2) is 0 Å². The molecule has 1 unspecified atom stereocenters. The van der Waals surface area contributed by atoms with Gasteiger partial charge >= 0.3 is 0 Å². The number of hydrogen-bond donors (Lipinski definition) is 0. The second-order valence-corrected chi connectivity index (χ2v) is 6.44. The van der Waals surface area contributed by atoms with Gasteiger partial charge < -0.3 is 9.32 Å². The second kappa shape index (κ2) is 7.59. The van der Waals surface area contributed by atoms with Crippen molar-refractivity contribution in [2.24, 2.45) is 5.92 Å². The zero-order chi connectivity index (χ0) is 17.0. The minimum absolute atomic E-state index is 0.0465. The summed E-state index contributed by atoms with van der Waals surface area (Å²) in [5.41, 5.74) is 0.935. The summed E-state index contributed by atoms with van der Waals surface area (Å²) in [5, 5.41) is 8.34. The molecule has 0 spiro atoms. The zero-order valence-corrected chi connectivity index (χ0v) is 14.7. The highest BCUT2D eigenvalue weighted by Gasteiger charge is 2.25. The molecule has 0 fully saturated rings. The molecule has 6 heteroatoms. The lowest BCUT2D eigenvalue weighted by Gasteiger charge is -2.31. The van der Waals surface area contributed by atoms with E-state index in [1.165, 1.54) is 0 Å². The van der Waals surface area contributed by atoms with Crippen LogP contribution in [0.5, 0.6) is 0 Å². The van der Waals surface area contributed by atoms with Crippen LogP contribution in [0.25, 0.3) is 0 Å². The van der Waals surface area contributed by atoms with Crippen molar-refractivity contribution in [2.75, 3.05) is 6.54 Å². The number of benzene rings is 1. The Labute approximate surface area is 141 Å². The fraction of sp³-hybridized carbons (Fsp3) is 0.471. The molecule has 1 aromatic heterocycles. The molecule has 1 atom stereocenters. The molecule has 0 N–H and O–H groups in total. The van der Waals surface area contributed by atoms with E-state index in [0.717, 1.165) is 5.56 Å². The van der Waals surface area contributed by atoms with E-state index in [9.17, 15) is 4.79 Å². The Morgan fingerprint density at radius 1 is 1.26 bits per heavy atom. The van der Waals surface area contributed by atoms with E-state index in [1.54, 1.807) is 6.92 Å². The van der Waals surface area contributed by atoms with Crippen molar-refractivity contribution in [3.05, 3.63) is 46.6 Å². The summed E-state index contributed by atoms with van der Waals surface area (Å²) in [6.45, 7) is 8.49. The number of hydrogen-bond acceptors (Lipinski definition) is 4. The van der Waals surface area contributed by atoms with Gasteiger partial charge in [0, 0.05) is 18.5 Å². The number of halogens is 1. The van der Waals surface area contributed by atoms with Crippen LogP contribution in [-0.4, -0.2) is 27.5 Å². The maximum absolute atomic E-state index is 12.7. The highest BCUT2D eigenvalue weighted by atomic mass is 35.5. The summed E-state index contributed by atoms with van der Waals surface area (Å²) >= 11 is 6.29. The molecule has 124 valence electrons. The topological polar surface area (TPSA) is 59.2 Å². The fourth-order valence-electron chi connectivity index (χ4n) is 2.49. The molecule has 0 aliphatic rings. The number of nitrogens with zero attached hydrogens (tertiary/aromatic N) is 3. The van der Waals surface area contributed by atoms with E-state index in [2.05, 4.69) is 24.0 Å². The number of aryl methyl sites for hydroxylation is 1. The van der Waals surface area contributed by atoms with E-state index in [4.69, 9.17) is 16.0 Å². The normalized spacial score (nSPS) is 12.4. The standard InChI is InChI=1S/C17H22ClN3O2/c1-11(2)10-21(12(3)14-7-5-6-8-15(14)18)17(22)9-16-20-19-13(4)23-16/h5-8,11-12H,9-10H2,1-4H3. The molecule has 0 saturated carbocycles. The highest BCUT2D eigenvalue weighted by molar-refractivity contribution is 6.31. The van der Waals surface area contributed by atoms with Crippen molar-refractivity contribution in [3.8, 4) is 0 Å². The predicted octanol–water partition coefficient (Wildman–Crippen LogP) is 3.82. The number of aromatic nitrogens is 2. The van der Waals surface area contributed by atoms with Crippen LogP contribution >= 0.6 is 11.6 Å². The smallest absolute Gasteiger partial charge is 0.232 e. The van der Waals surface area contributed by atoms with Gasteiger partial charge in [0.2, 0.25) is 17.7 Å². The Kier molecular flexibility index (Phi) is 5.77. The molecule has 0 bridgehead atoms. The lowest BCUT2D eigenvalue weighted by Crippen LogP contribution is -2.37. The first-order valence-corrected chi connectivity index (χ1v) is 8.09. The highest BCUT2D eigenvalue weighted by Crippen LogP contribution is 2.28. The van der Waals surface area contributed by atoms with E-state index >= 15 is 0 Å². The van der Waals surface area contributed by atoms with Crippen LogP contribution in [0.2, 0.25) is 5.02 Å². The Bertz CT molecular complexity index is 669. The molecule has 5 nitrogen and oxygen atoms in total. The van der Waals surface area contributed by atoms with Crippen molar-refractivity contribution < 1.29 is 9.21 Å². The van der Waals surface area contributed by atoms with Gasteiger partial charge in [-0.05, 0) is 24.5 Å². The maximum Gasteiger partial charge on any atom is 0.232 e. The summed E-state index contributed by atoms with van der Waals surface area (Å²) in [7, 11) is 0. The summed E-state index contributed by atoms with van der Waals surface area (Å²) < 4.78 is 5.32. The number of rotatable bonds is 6. The molecular formula is C17H22ClN3O2. The Morgan fingerprint density at radius 2 is 1.96 bits per heavy atom. The van der Waals surface area contributed by atoms with Gasteiger partial charge in [-0.1, -0.05) is 43.6 Å². The van der Waals surface area contributed by atoms with E-state index < -0.39 is 0 Å². The zero-order valence-electron chi connectivity index (χ0n) is 13.9. The van der Waals surface area contributed by atoms with Crippen LogP contribution in [0, 0.1) is 12.8 Å². The molecule has 2 rings (SSSR count). The maximum atomic E-state index is 12.7. The minimum Gasteiger partial charge on any atom is -0.425 e. The van der Waals surface area contributed by atoms with Gasteiger partial charge in [-0.15, -0.1) is 10.2 Å². The molecule has 1 heterocycles. The Balaban J connectivity index is 2.22. The molecular weight excluding hydrogens is 314 g/mol. The summed E-state index contributed by atoms with van der Waals surface area (Å²) in [4.78, 5) is 14.6. The molecule has 1 amide bonds. The van der Waals surface area contributed by atoms with E-state index in [-0.39, 0.29) is 18.4 Å². The van der Waals surface area contributed by atoms with Gasteiger partial charge in [-0.2, -0.15) is 0 Å². The molecule has 1 aromatic carbocycles. The molecule has 0 saturated heterocycles. The lowest BCUT2D eigenvalue weighted by atomic mass is 10.0. The average molecular weight is 336 g/mol. The SMILES string of the molecule is Cc1nnc(CC(=O)N(CC(C)C)C(C)c2ccccc2Cl)o1. The second-order valence-electron chi connectivity index (χ2n) is 6.03. The van der Waals surface area contributed by atoms with Crippen LogP contribution in [0.4, 0.5) is 0 Å². The van der Waals surface area contributed by atoms with Gasteiger partial charge in [0.15, 0.2) is 0 Å². The quantitative estimate of drug-likeness (QED) is 0.805. The number of carbonyl (C=O) groups excluding carboxylic acids is 1. The molecule has 0 aliphatic heterocycles. The summed E-state index contributed by atoms with van der Waals surface area (Å²) in [6.07, 6.45) is 0.0996. The first-order valence-electron chi connectivity index (χ1n) is 7.71. The van der Waals surface area contributed by atoms with Crippen molar-refractivity contribution in [2.45, 2.75) is 40.2 Å². The first-order chi connectivity index (χ1) is 10.9. The fourth-order valence-corrected chi connectivity index (χ4v) is 2.78. The van der Waals surface area contributed by atoms with Gasteiger partial charge in [0.05, 0.1) is 6.04 Å². The van der Waals surface area contributed by atoms with Gasteiger partial charge in [0.1, 0.15) is 6.42 Å². The number of amides is 1. The third-order valence-electron chi connectivity index (χ3n) is 3.58. The monoisotopic (exact) mass is 335 g/mol.